The lowest BCUT2D eigenvalue weighted by Crippen LogP contribution is -2.12. The second-order valence-corrected chi connectivity index (χ2v) is 3.53. The smallest absolute Gasteiger partial charge is 0.137 e. The zero-order valence-electron chi connectivity index (χ0n) is 8.46. The van der Waals surface area contributed by atoms with E-state index in [1.807, 2.05) is 12.1 Å². The molecule has 1 aromatic rings. The number of pyridine rings is 1. The molecule has 0 radical (unpaired) electrons. The highest BCUT2D eigenvalue weighted by Crippen LogP contribution is 2.11. The molecule has 14 heavy (non-hydrogen) atoms. The molecule has 0 saturated heterocycles. The zero-order chi connectivity index (χ0) is 10.4. The first kappa shape index (κ1) is 11.1. The van der Waals surface area contributed by atoms with Crippen LogP contribution in [-0.4, -0.2) is 24.5 Å². The normalized spacial score (nSPS) is 12.2. The summed E-state index contributed by atoms with van der Waals surface area (Å²) in [6.07, 6.45) is 1.69. The molecule has 0 amide bonds. The maximum absolute atomic E-state index is 5.69. The van der Waals surface area contributed by atoms with Gasteiger partial charge >= 0.3 is 0 Å². The van der Waals surface area contributed by atoms with Gasteiger partial charge in [-0.05, 0) is 18.1 Å². The average molecular weight is 215 g/mol. The Balaban J connectivity index is 2.43. The summed E-state index contributed by atoms with van der Waals surface area (Å²) in [4.78, 5) is 4.18. The fourth-order valence-electron chi connectivity index (χ4n) is 0.939. The number of rotatable bonds is 5. The fraction of sp³-hybridized carbons (Fsp3) is 0.500. The van der Waals surface area contributed by atoms with Crippen LogP contribution in [-0.2, 0) is 0 Å². The van der Waals surface area contributed by atoms with Crippen molar-refractivity contribution in [3.8, 4) is 5.75 Å². The third-order valence-electron chi connectivity index (χ3n) is 1.87. The minimum absolute atomic E-state index is 0.445. The van der Waals surface area contributed by atoms with Crippen molar-refractivity contribution in [3.05, 3.63) is 18.3 Å². The summed E-state index contributed by atoms with van der Waals surface area (Å²) < 4.78 is 5.00. The Hall–Kier alpha value is -0.960. The van der Waals surface area contributed by atoms with Gasteiger partial charge in [-0.15, -0.1) is 11.6 Å². The van der Waals surface area contributed by atoms with Crippen molar-refractivity contribution in [2.75, 3.05) is 24.9 Å². The number of halogens is 1. The van der Waals surface area contributed by atoms with Crippen molar-refractivity contribution in [3.63, 3.8) is 0 Å². The van der Waals surface area contributed by atoms with Crippen molar-refractivity contribution in [2.24, 2.45) is 5.92 Å². The minimum Gasteiger partial charge on any atom is -0.495 e. The van der Waals surface area contributed by atoms with Crippen molar-refractivity contribution in [1.82, 2.24) is 4.98 Å². The zero-order valence-corrected chi connectivity index (χ0v) is 9.21. The molecule has 3 nitrogen and oxygen atoms in total. The molecule has 0 aliphatic heterocycles. The van der Waals surface area contributed by atoms with Gasteiger partial charge in [-0.2, -0.15) is 0 Å². The van der Waals surface area contributed by atoms with Crippen LogP contribution < -0.4 is 10.1 Å². The van der Waals surface area contributed by atoms with Crippen LogP contribution in [0.3, 0.4) is 0 Å². The first-order valence-corrected chi connectivity index (χ1v) is 5.09. The van der Waals surface area contributed by atoms with Gasteiger partial charge in [0.1, 0.15) is 11.6 Å². The molecule has 0 bridgehead atoms. The summed E-state index contributed by atoms with van der Waals surface area (Å²) in [6, 6.07) is 3.76. The van der Waals surface area contributed by atoms with Crippen molar-refractivity contribution < 1.29 is 4.74 Å². The lowest BCUT2D eigenvalue weighted by atomic mass is 10.2. The topological polar surface area (TPSA) is 34.1 Å². The van der Waals surface area contributed by atoms with E-state index in [1.54, 1.807) is 13.3 Å². The van der Waals surface area contributed by atoms with Crippen LogP contribution in [0.4, 0.5) is 5.82 Å². The van der Waals surface area contributed by atoms with Crippen molar-refractivity contribution in [2.45, 2.75) is 6.92 Å². The number of methoxy groups -OCH3 is 1. The number of nitrogens with zero attached hydrogens (tertiary/aromatic N) is 1. The summed E-state index contributed by atoms with van der Waals surface area (Å²) >= 11 is 5.69. The number of aromatic nitrogens is 1. The Morgan fingerprint density at radius 2 is 2.36 bits per heavy atom. The Morgan fingerprint density at radius 3 is 2.86 bits per heavy atom. The summed E-state index contributed by atoms with van der Waals surface area (Å²) in [5.41, 5.74) is 0. The Labute approximate surface area is 89.4 Å². The van der Waals surface area contributed by atoms with Crippen LogP contribution in [0.5, 0.6) is 5.75 Å². The lowest BCUT2D eigenvalue weighted by Gasteiger charge is -2.09. The van der Waals surface area contributed by atoms with E-state index >= 15 is 0 Å². The second kappa shape index (κ2) is 5.70. The molecule has 0 aliphatic rings. The van der Waals surface area contributed by atoms with Crippen LogP contribution in [0.15, 0.2) is 18.3 Å². The van der Waals surface area contributed by atoms with Gasteiger partial charge in [0.25, 0.3) is 0 Å². The summed E-state index contributed by atoms with van der Waals surface area (Å²) in [6.45, 7) is 2.92. The van der Waals surface area contributed by atoms with E-state index in [0.29, 0.717) is 11.8 Å². The molecular formula is C10H15ClN2O. The Bertz CT molecular complexity index is 263. The summed E-state index contributed by atoms with van der Waals surface area (Å²) in [5, 5.41) is 3.20. The quantitative estimate of drug-likeness (QED) is 0.765. The number of alkyl halides is 1. The summed E-state index contributed by atoms with van der Waals surface area (Å²) in [5.74, 6) is 2.72. The molecule has 1 rings (SSSR count). The van der Waals surface area contributed by atoms with E-state index in [1.165, 1.54) is 0 Å². The van der Waals surface area contributed by atoms with Gasteiger partial charge in [0.15, 0.2) is 0 Å². The van der Waals surface area contributed by atoms with Gasteiger partial charge in [-0.25, -0.2) is 4.98 Å². The highest BCUT2D eigenvalue weighted by molar-refractivity contribution is 6.18. The third-order valence-corrected chi connectivity index (χ3v) is 2.39. The summed E-state index contributed by atoms with van der Waals surface area (Å²) in [7, 11) is 1.62. The van der Waals surface area contributed by atoms with E-state index in [2.05, 4.69) is 17.2 Å². The molecular weight excluding hydrogens is 200 g/mol. The number of hydrogen-bond donors (Lipinski definition) is 1. The monoisotopic (exact) mass is 214 g/mol. The van der Waals surface area contributed by atoms with Gasteiger partial charge in [0.2, 0.25) is 0 Å². The number of nitrogens with one attached hydrogen (secondary N) is 1. The van der Waals surface area contributed by atoms with Crippen LogP contribution in [0.2, 0.25) is 0 Å². The van der Waals surface area contributed by atoms with E-state index in [0.717, 1.165) is 18.1 Å². The van der Waals surface area contributed by atoms with Crippen LogP contribution >= 0.6 is 11.6 Å². The first-order chi connectivity index (χ1) is 6.76. The number of hydrogen-bond acceptors (Lipinski definition) is 3. The fourth-order valence-corrected chi connectivity index (χ4v) is 1.05. The van der Waals surface area contributed by atoms with Crippen molar-refractivity contribution >= 4 is 17.4 Å². The Morgan fingerprint density at radius 1 is 1.57 bits per heavy atom. The predicted molar refractivity (Wildman–Crippen MR) is 59.2 cm³/mol. The molecule has 0 saturated carbocycles. The average Bonchev–Trinajstić information content (AvgIpc) is 2.26. The minimum atomic E-state index is 0.445. The third kappa shape index (κ3) is 3.42. The van der Waals surface area contributed by atoms with Crippen molar-refractivity contribution in [1.29, 1.82) is 0 Å². The van der Waals surface area contributed by atoms with Crippen LogP contribution in [0, 0.1) is 5.92 Å². The van der Waals surface area contributed by atoms with Gasteiger partial charge in [-0.3, -0.25) is 0 Å². The van der Waals surface area contributed by atoms with E-state index in [4.69, 9.17) is 16.3 Å². The highest BCUT2D eigenvalue weighted by Gasteiger charge is 2.00. The molecule has 0 aromatic carbocycles. The van der Waals surface area contributed by atoms with E-state index in [9.17, 15) is 0 Å². The molecule has 1 N–H and O–H groups in total. The predicted octanol–water partition coefficient (Wildman–Crippen LogP) is 2.38. The molecule has 1 aromatic heterocycles. The lowest BCUT2D eigenvalue weighted by molar-refractivity contribution is 0.413. The Kier molecular flexibility index (Phi) is 4.53. The molecule has 1 atom stereocenters. The SMILES string of the molecule is COc1ccc(NCC(C)CCl)nc1. The maximum atomic E-state index is 5.69. The molecule has 4 heteroatoms. The molecule has 0 fully saturated rings. The molecule has 1 unspecified atom stereocenters. The van der Waals surface area contributed by atoms with Gasteiger partial charge in [0.05, 0.1) is 13.3 Å². The maximum Gasteiger partial charge on any atom is 0.137 e. The van der Waals surface area contributed by atoms with Gasteiger partial charge < -0.3 is 10.1 Å². The van der Waals surface area contributed by atoms with Crippen LogP contribution in [0.25, 0.3) is 0 Å². The first-order valence-electron chi connectivity index (χ1n) is 4.56. The standard InChI is InChI=1S/C10H15ClN2O/c1-8(5-11)6-12-10-4-3-9(14-2)7-13-10/h3-4,7-8H,5-6H2,1-2H3,(H,12,13). The molecule has 0 spiro atoms. The largest absolute Gasteiger partial charge is 0.495 e. The second-order valence-electron chi connectivity index (χ2n) is 3.22. The highest BCUT2D eigenvalue weighted by atomic mass is 35.5. The van der Waals surface area contributed by atoms with E-state index < -0.39 is 0 Å². The van der Waals surface area contributed by atoms with Crippen LogP contribution in [0.1, 0.15) is 6.92 Å². The molecule has 78 valence electrons. The van der Waals surface area contributed by atoms with Gasteiger partial charge in [-0.1, -0.05) is 6.92 Å². The molecule has 0 aliphatic carbocycles. The molecule has 1 heterocycles. The number of anilines is 1. The van der Waals surface area contributed by atoms with E-state index in [-0.39, 0.29) is 0 Å². The van der Waals surface area contributed by atoms with Gasteiger partial charge in [0, 0.05) is 12.4 Å². The number of ether oxygens (including phenoxy) is 1.